The highest BCUT2D eigenvalue weighted by atomic mass is 127. The Morgan fingerprint density at radius 3 is 1.57 bits per heavy atom. The number of benzene rings is 4. The Balaban J connectivity index is 0.000000202. The van der Waals surface area contributed by atoms with E-state index in [1.165, 1.54) is 26.0 Å². The van der Waals surface area contributed by atoms with Gasteiger partial charge in [-0.1, -0.05) is 78.3 Å². The van der Waals surface area contributed by atoms with Crippen molar-refractivity contribution >= 4 is 90.8 Å². The molecule has 0 spiro atoms. The van der Waals surface area contributed by atoms with Gasteiger partial charge in [0, 0.05) is 18.7 Å². The second-order valence-corrected chi connectivity index (χ2v) is 14.9. The van der Waals surface area contributed by atoms with Gasteiger partial charge in [-0.2, -0.15) is 0 Å². The largest absolute Gasteiger partial charge is 0.497 e. The van der Waals surface area contributed by atoms with Crippen molar-refractivity contribution in [3.05, 3.63) is 132 Å². The zero-order valence-electron chi connectivity index (χ0n) is 28.8. The maximum absolute atomic E-state index is 12.1. The van der Waals surface area contributed by atoms with Crippen LogP contribution in [-0.4, -0.2) is 70.4 Å². The van der Waals surface area contributed by atoms with E-state index >= 15 is 0 Å². The van der Waals surface area contributed by atoms with Gasteiger partial charge in [0.25, 0.3) is 0 Å². The van der Waals surface area contributed by atoms with Crippen molar-refractivity contribution in [2.45, 2.75) is 27.9 Å². The van der Waals surface area contributed by atoms with Gasteiger partial charge in [0.15, 0.2) is 0 Å². The summed E-state index contributed by atoms with van der Waals surface area (Å²) in [5.74, 6) is 0.593. The minimum Gasteiger partial charge on any atom is -0.497 e. The number of aromatic nitrogens is 6. The SMILES string of the molecule is COC(=O)c1nnn(Cc2ccc(OC)cc2)c1I.COC(=O)c1nnn(Cc2ccc(OC)cc2)c1Sc1ccc(Br)cc1.Sc1ccc(Br)cc1. The summed E-state index contributed by atoms with van der Waals surface area (Å²) in [6, 6.07) is 30.9. The van der Waals surface area contributed by atoms with Crippen LogP contribution in [0.5, 0.6) is 11.5 Å². The van der Waals surface area contributed by atoms with Crippen LogP contribution in [0.4, 0.5) is 0 Å². The van der Waals surface area contributed by atoms with Crippen LogP contribution in [0.2, 0.25) is 0 Å². The smallest absolute Gasteiger partial charge is 0.361 e. The molecule has 53 heavy (non-hydrogen) atoms. The van der Waals surface area contributed by atoms with Crippen molar-refractivity contribution in [2.24, 2.45) is 0 Å². The molecule has 12 nitrogen and oxygen atoms in total. The quantitative estimate of drug-likeness (QED) is 0.0806. The van der Waals surface area contributed by atoms with Gasteiger partial charge in [-0.25, -0.2) is 19.0 Å². The highest BCUT2D eigenvalue weighted by molar-refractivity contribution is 14.1. The summed E-state index contributed by atoms with van der Waals surface area (Å²) in [5, 5.41) is 16.6. The van der Waals surface area contributed by atoms with E-state index in [9.17, 15) is 9.59 Å². The standard InChI is InChI=1S/C18H16BrN3O3S.C12H12IN3O3.C6H5BrS/c1-24-14-7-3-12(4-8-14)11-22-17(16(20-21-22)18(23)25-2)26-15-9-5-13(19)6-10-15;1-18-9-5-3-8(4-6-9)7-16-11(13)10(14-15-16)12(17)19-2;7-5-1-3-6(8)4-2-5/h3-10H,11H2,1-2H3;3-6H,7H2,1-2H3;1-4,8H. The zero-order chi connectivity index (χ0) is 38.3. The number of hydrogen-bond acceptors (Lipinski definition) is 12. The number of rotatable bonds is 10. The van der Waals surface area contributed by atoms with Crippen LogP contribution in [0.1, 0.15) is 32.1 Å². The zero-order valence-corrected chi connectivity index (χ0v) is 35.8. The maximum atomic E-state index is 12.1. The van der Waals surface area contributed by atoms with Gasteiger partial charge in [-0.3, -0.25) is 0 Å². The lowest BCUT2D eigenvalue weighted by Gasteiger charge is -2.08. The number of methoxy groups -OCH3 is 4. The summed E-state index contributed by atoms with van der Waals surface area (Å²) in [4.78, 5) is 25.4. The van der Waals surface area contributed by atoms with E-state index in [1.54, 1.807) is 23.6 Å². The van der Waals surface area contributed by atoms with Crippen molar-refractivity contribution in [2.75, 3.05) is 28.4 Å². The van der Waals surface area contributed by atoms with Crippen LogP contribution in [0.3, 0.4) is 0 Å². The molecule has 6 rings (SSSR count). The molecule has 276 valence electrons. The maximum Gasteiger partial charge on any atom is 0.361 e. The molecule has 17 heteroatoms. The third-order valence-corrected chi connectivity index (χ3v) is 10.5. The second-order valence-electron chi connectivity index (χ2n) is 10.5. The lowest BCUT2D eigenvalue weighted by Crippen LogP contribution is -2.07. The third-order valence-electron chi connectivity index (χ3n) is 6.96. The Labute approximate surface area is 346 Å². The summed E-state index contributed by atoms with van der Waals surface area (Å²) >= 11 is 14.3. The van der Waals surface area contributed by atoms with Crippen molar-refractivity contribution in [1.29, 1.82) is 0 Å². The molecular weight excluding hydrogens is 963 g/mol. The molecule has 0 saturated carbocycles. The first-order valence-corrected chi connectivity index (χ1v) is 19.3. The van der Waals surface area contributed by atoms with Gasteiger partial charge in [0.05, 0.1) is 41.5 Å². The Bertz CT molecular complexity index is 2060. The highest BCUT2D eigenvalue weighted by Gasteiger charge is 2.22. The topological polar surface area (TPSA) is 132 Å². The molecule has 0 fully saturated rings. The van der Waals surface area contributed by atoms with E-state index < -0.39 is 11.9 Å². The van der Waals surface area contributed by atoms with Gasteiger partial charge < -0.3 is 18.9 Å². The lowest BCUT2D eigenvalue weighted by molar-refractivity contribution is 0.0582. The molecule has 4 aromatic carbocycles. The Hall–Kier alpha value is -3.91. The number of carbonyl (C=O) groups excluding carboxylic acids is 2. The number of hydrogen-bond donors (Lipinski definition) is 1. The number of halogens is 3. The summed E-state index contributed by atoms with van der Waals surface area (Å²) in [6.07, 6.45) is 0. The second kappa shape index (κ2) is 21.1. The summed E-state index contributed by atoms with van der Waals surface area (Å²) in [5.41, 5.74) is 2.50. The van der Waals surface area contributed by atoms with Crippen LogP contribution in [-0.2, 0) is 22.6 Å². The van der Waals surface area contributed by atoms with Crippen molar-refractivity contribution in [3.63, 3.8) is 0 Å². The minimum absolute atomic E-state index is 0.203. The van der Waals surface area contributed by atoms with Gasteiger partial charge in [-0.15, -0.1) is 22.8 Å². The van der Waals surface area contributed by atoms with Gasteiger partial charge in [0.1, 0.15) is 20.2 Å². The molecule has 0 atom stereocenters. The highest BCUT2D eigenvalue weighted by Crippen LogP contribution is 2.31. The molecule has 0 amide bonds. The van der Waals surface area contributed by atoms with E-state index in [4.69, 9.17) is 14.2 Å². The minimum atomic E-state index is -0.509. The van der Waals surface area contributed by atoms with E-state index in [-0.39, 0.29) is 11.4 Å². The predicted octanol–water partition coefficient (Wildman–Crippen LogP) is 8.50. The van der Waals surface area contributed by atoms with E-state index in [1.807, 2.05) is 120 Å². The molecule has 2 aromatic heterocycles. The molecular formula is C36H33Br2IN6O6S2. The molecule has 0 aliphatic carbocycles. The number of nitrogens with zero attached hydrogens (tertiary/aromatic N) is 6. The van der Waals surface area contributed by atoms with E-state index in [0.717, 1.165) is 41.4 Å². The molecule has 2 heterocycles. The Morgan fingerprint density at radius 2 is 1.09 bits per heavy atom. The molecule has 0 N–H and O–H groups in total. The molecule has 0 aliphatic heterocycles. The summed E-state index contributed by atoms with van der Waals surface area (Å²) in [6.45, 7) is 1.01. The van der Waals surface area contributed by atoms with Gasteiger partial charge in [-0.05, 0) is 107 Å². The average molecular weight is 997 g/mol. The molecule has 0 aliphatic rings. The number of carbonyl (C=O) groups is 2. The first kappa shape index (κ1) is 41.8. The van der Waals surface area contributed by atoms with E-state index in [0.29, 0.717) is 21.8 Å². The fraction of sp³-hybridized carbons (Fsp3) is 0.167. The van der Waals surface area contributed by atoms with Gasteiger partial charge in [0.2, 0.25) is 11.4 Å². The van der Waals surface area contributed by atoms with Crippen molar-refractivity contribution in [1.82, 2.24) is 30.0 Å². The van der Waals surface area contributed by atoms with Gasteiger partial charge >= 0.3 is 11.9 Å². The van der Waals surface area contributed by atoms with Crippen LogP contribution in [0.15, 0.2) is 121 Å². The Kier molecular flexibility index (Phi) is 16.7. The first-order valence-electron chi connectivity index (χ1n) is 15.4. The number of ether oxygens (including phenoxy) is 4. The fourth-order valence-electron chi connectivity index (χ4n) is 4.22. The fourth-order valence-corrected chi connectivity index (χ4v) is 6.42. The van der Waals surface area contributed by atoms with Crippen LogP contribution < -0.4 is 9.47 Å². The summed E-state index contributed by atoms with van der Waals surface area (Å²) < 4.78 is 25.8. The average Bonchev–Trinajstić information content (AvgIpc) is 3.75. The molecule has 0 bridgehead atoms. The van der Waals surface area contributed by atoms with Crippen LogP contribution >= 0.6 is 78.8 Å². The van der Waals surface area contributed by atoms with E-state index in [2.05, 4.69) is 69.8 Å². The number of thiol groups is 1. The monoisotopic (exact) mass is 994 g/mol. The predicted molar refractivity (Wildman–Crippen MR) is 219 cm³/mol. The Morgan fingerprint density at radius 1 is 0.660 bits per heavy atom. The van der Waals surface area contributed by atoms with Crippen LogP contribution in [0, 0.1) is 3.70 Å². The third kappa shape index (κ3) is 12.6. The number of esters is 2. The van der Waals surface area contributed by atoms with Crippen LogP contribution in [0.25, 0.3) is 0 Å². The first-order chi connectivity index (χ1) is 25.5. The molecule has 0 unspecified atom stereocenters. The summed E-state index contributed by atoms with van der Waals surface area (Å²) in [7, 11) is 5.90. The van der Waals surface area contributed by atoms with Crippen molar-refractivity contribution < 1.29 is 28.5 Å². The normalized spacial score (nSPS) is 10.3. The molecule has 0 radical (unpaired) electrons. The van der Waals surface area contributed by atoms with Crippen molar-refractivity contribution in [3.8, 4) is 11.5 Å². The molecule has 6 aromatic rings. The lowest BCUT2D eigenvalue weighted by atomic mass is 10.2. The molecule has 0 saturated heterocycles.